The van der Waals surface area contributed by atoms with E-state index in [0.717, 1.165) is 6.42 Å². The largest absolute Gasteiger partial charge is 0.306 e. The molecule has 0 fully saturated rings. The number of hydrogen-bond acceptors (Lipinski definition) is 2. The van der Waals surface area contributed by atoms with E-state index in [4.69, 9.17) is 5.26 Å². The van der Waals surface area contributed by atoms with Gasteiger partial charge in [-0.1, -0.05) is 37.3 Å². The molecule has 2 nitrogen and oxygen atoms in total. The summed E-state index contributed by atoms with van der Waals surface area (Å²) in [4.78, 5) is 0. The Morgan fingerprint density at radius 1 is 1.33 bits per heavy atom. The summed E-state index contributed by atoms with van der Waals surface area (Å²) in [5.41, 5.74) is 1.27. The second kappa shape index (κ2) is 6.21. The van der Waals surface area contributed by atoms with Crippen molar-refractivity contribution in [2.24, 2.45) is 0 Å². The van der Waals surface area contributed by atoms with Crippen LogP contribution in [-0.4, -0.2) is 6.04 Å². The van der Waals surface area contributed by atoms with Crippen molar-refractivity contribution in [2.75, 3.05) is 0 Å². The van der Waals surface area contributed by atoms with Crippen LogP contribution in [0.5, 0.6) is 0 Å². The smallest absolute Gasteiger partial charge is 0.0638 e. The van der Waals surface area contributed by atoms with Gasteiger partial charge >= 0.3 is 0 Å². The van der Waals surface area contributed by atoms with E-state index in [1.807, 2.05) is 18.2 Å². The summed E-state index contributed by atoms with van der Waals surface area (Å²) in [6.45, 7) is 4.24. The second-order valence-corrected chi connectivity index (χ2v) is 3.77. The van der Waals surface area contributed by atoms with Crippen molar-refractivity contribution in [1.29, 1.82) is 5.26 Å². The van der Waals surface area contributed by atoms with Gasteiger partial charge in [-0.25, -0.2) is 0 Å². The number of nitrogens with zero attached hydrogens (tertiary/aromatic N) is 1. The van der Waals surface area contributed by atoms with Crippen molar-refractivity contribution < 1.29 is 0 Å². The van der Waals surface area contributed by atoms with Crippen LogP contribution < -0.4 is 5.32 Å². The van der Waals surface area contributed by atoms with Crippen LogP contribution in [0.2, 0.25) is 0 Å². The van der Waals surface area contributed by atoms with Gasteiger partial charge < -0.3 is 5.32 Å². The van der Waals surface area contributed by atoms with E-state index in [1.54, 1.807) is 0 Å². The molecule has 2 heteroatoms. The van der Waals surface area contributed by atoms with Crippen molar-refractivity contribution in [1.82, 2.24) is 5.32 Å². The molecule has 0 heterocycles. The summed E-state index contributed by atoms with van der Waals surface area (Å²) in [6, 6.07) is 13.1. The molecular formula is C13H18N2. The SMILES string of the molecule is CCC(CC#N)N[C@H](C)c1ccccc1. The number of hydrogen-bond donors (Lipinski definition) is 1. The van der Waals surface area contributed by atoms with Crippen molar-refractivity contribution in [2.45, 2.75) is 38.8 Å². The van der Waals surface area contributed by atoms with Crippen LogP contribution in [0, 0.1) is 11.3 Å². The third-order valence-corrected chi connectivity index (χ3v) is 2.62. The maximum Gasteiger partial charge on any atom is 0.0638 e. The van der Waals surface area contributed by atoms with E-state index in [0.29, 0.717) is 18.5 Å². The lowest BCUT2D eigenvalue weighted by atomic mass is 10.1. The van der Waals surface area contributed by atoms with E-state index in [9.17, 15) is 0 Å². The Morgan fingerprint density at radius 3 is 2.53 bits per heavy atom. The summed E-state index contributed by atoms with van der Waals surface area (Å²) in [7, 11) is 0. The van der Waals surface area contributed by atoms with Crippen LogP contribution in [0.15, 0.2) is 30.3 Å². The Morgan fingerprint density at radius 2 is 2.00 bits per heavy atom. The summed E-state index contributed by atoms with van der Waals surface area (Å²) in [6.07, 6.45) is 1.57. The Kier molecular flexibility index (Phi) is 4.86. The molecule has 80 valence electrons. The maximum absolute atomic E-state index is 8.66. The fourth-order valence-corrected chi connectivity index (χ4v) is 1.62. The van der Waals surface area contributed by atoms with E-state index in [2.05, 4.69) is 37.4 Å². The molecule has 0 spiro atoms. The molecule has 2 atom stereocenters. The zero-order valence-electron chi connectivity index (χ0n) is 9.40. The van der Waals surface area contributed by atoms with Crippen molar-refractivity contribution in [3.05, 3.63) is 35.9 Å². The highest BCUT2D eigenvalue weighted by molar-refractivity contribution is 5.18. The van der Waals surface area contributed by atoms with E-state index in [1.165, 1.54) is 5.56 Å². The normalized spacial score (nSPS) is 14.2. The molecule has 0 aliphatic rings. The highest BCUT2D eigenvalue weighted by Crippen LogP contribution is 2.13. The zero-order valence-corrected chi connectivity index (χ0v) is 9.40. The first-order chi connectivity index (χ1) is 7.27. The molecule has 1 rings (SSSR count). The third-order valence-electron chi connectivity index (χ3n) is 2.62. The quantitative estimate of drug-likeness (QED) is 0.796. The minimum Gasteiger partial charge on any atom is -0.306 e. The number of nitrogens with one attached hydrogen (secondary N) is 1. The van der Waals surface area contributed by atoms with Gasteiger partial charge in [0.05, 0.1) is 12.5 Å². The topological polar surface area (TPSA) is 35.8 Å². The van der Waals surface area contributed by atoms with E-state index in [-0.39, 0.29) is 0 Å². The molecule has 0 aliphatic carbocycles. The fourth-order valence-electron chi connectivity index (χ4n) is 1.62. The highest BCUT2D eigenvalue weighted by Gasteiger charge is 2.10. The molecule has 0 saturated heterocycles. The minimum absolute atomic E-state index is 0.296. The van der Waals surface area contributed by atoms with Crippen molar-refractivity contribution in [3.63, 3.8) is 0 Å². The molecule has 1 aromatic carbocycles. The first-order valence-electron chi connectivity index (χ1n) is 5.45. The van der Waals surface area contributed by atoms with Crippen molar-refractivity contribution >= 4 is 0 Å². The molecule has 0 radical (unpaired) electrons. The maximum atomic E-state index is 8.66. The lowest BCUT2D eigenvalue weighted by molar-refractivity contribution is 0.448. The Bertz CT molecular complexity index is 313. The van der Waals surface area contributed by atoms with Crippen LogP contribution >= 0.6 is 0 Å². The summed E-state index contributed by atoms with van der Waals surface area (Å²) < 4.78 is 0. The van der Waals surface area contributed by atoms with E-state index < -0.39 is 0 Å². The van der Waals surface area contributed by atoms with Gasteiger partial charge in [-0.15, -0.1) is 0 Å². The van der Waals surface area contributed by atoms with Crippen LogP contribution in [0.4, 0.5) is 0 Å². The van der Waals surface area contributed by atoms with Crippen LogP contribution in [0.1, 0.15) is 38.3 Å². The van der Waals surface area contributed by atoms with Gasteiger partial charge in [0.1, 0.15) is 0 Å². The molecule has 1 unspecified atom stereocenters. The zero-order chi connectivity index (χ0) is 11.1. The standard InChI is InChI=1S/C13H18N2/c1-3-13(9-10-14)15-11(2)12-7-5-4-6-8-12/h4-8,11,13,15H,3,9H2,1-2H3/t11-,13?/m1/s1. The summed E-state index contributed by atoms with van der Waals surface area (Å²) >= 11 is 0. The van der Waals surface area contributed by atoms with Gasteiger partial charge in [0, 0.05) is 12.1 Å². The number of benzene rings is 1. The molecule has 0 aliphatic heterocycles. The van der Waals surface area contributed by atoms with Gasteiger partial charge in [0.2, 0.25) is 0 Å². The molecule has 1 aromatic rings. The third kappa shape index (κ3) is 3.73. The predicted octanol–water partition coefficient (Wildman–Crippen LogP) is 3.03. The Labute approximate surface area is 91.9 Å². The lowest BCUT2D eigenvalue weighted by Crippen LogP contribution is -2.30. The molecule has 0 saturated carbocycles. The molecular weight excluding hydrogens is 184 g/mol. The van der Waals surface area contributed by atoms with Gasteiger partial charge in [0.15, 0.2) is 0 Å². The van der Waals surface area contributed by atoms with E-state index >= 15 is 0 Å². The number of rotatable bonds is 5. The molecule has 15 heavy (non-hydrogen) atoms. The van der Waals surface area contributed by atoms with Gasteiger partial charge in [-0.3, -0.25) is 0 Å². The molecule has 0 aromatic heterocycles. The van der Waals surface area contributed by atoms with Gasteiger partial charge in [-0.05, 0) is 18.9 Å². The Hall–Kier alpha value is -1.33. The molecule has 1 N–H and O–H groups in total. The second-order valence-electron chi connectivity index (χ2n) is 3.77. The lowest BCUT2D eigenvalue weighted by Gasteiger charge is -2.20. The van der Waals surface area contributed by atoms with Crippen LogP contribution in [-0.2, 0) is 0 Å². The van der Waals surface area contributed by atoms with Crippen LogP contribution in [0.3, 0.4) is 0 Å². The first kappa shape index (κ1) is 11.7. The monoisotopic (exact) mass is 202 g/mol. The Balaban J connectivity index is 2.55. The van der Waals surface area contributed by atoms with Crippen molar-refractivity contribution in [3.8, 4) is 6.07 Å². The van der Waals surface area contributed by atoms with Gasteiger partial charge in [0.25, 0.3) is 0 Å². The van der Waals surface area contributed by atoms with Crippen LogP contribution in [0.25, 0.3) is 0 Å². The molecule has 0 amide bonds. The minimum atomic E-state index is 0.296. The predicted molar refractivity (Wildman–Crippen MR) is 62.3 cm³/mol. The molecule has 0 bridgehead atoms. The fraction of sp³-hybridized carbons (Fsp3) is 0.462. The average Bonchev–Trinajstić information content (AvgIpc) is 2.29. The number of nitriles is 1. The van der Waals surface area contributed by atoms with Gasteiger partial charge in [-0.2, -0.15) is 5.26 Å². The average molecular weight is 202 g/mol. The first-order valence-corrected chi connectivity index (χ1v) is 5.45. The summed E-state index contributed by atoms with van der Waals surface area (Å²) in [5, 5.41) is 12.1. The summed E-state index contributed by atoms with van der Waals surface area (Å²) in [5.74, 6) is 0. The highest BCUT2D eigenvalue weighted by atomic mass is 14.9.